The van der Waals surface area contributed by atoms with Gasteiger partial charge in [0.15, 0.2) is 0 Å². The third-order valence-corrected chi connectivity index (χ3v) is 4.54. The third kappa shape index (κ3) is 4.92. The molecule has 1 unspecified atom stereocenters. The molecule has 0 radical (unpaired) electrons. The molecule has 1 aliphatic carbocycles. The number of hydrogen-bond donors (Lipinski definition) is 2. The summed E-state index contributed by atoms with van der Waals surface area (Å²) in [6.07, 6.45) is 9.67. The molecule has 7 nitrogen and oxygen atoms in total. The highest BCUT2D eigenvalue weighted by Gasteiger charge is 2.28. The number of hydrogen-bond acceptors (Lipinski definition) is 4. The summed E-state index contributed by atoms with van der Waals surface area (Å²) in [7, 11) is 0. The van der Waals surface area contributed by atoms with Crippen LogP contribution in [0.25, 0.3) is 0 Å². The van der Waals surface area contributed by atoms with Crippen molar-refractivity contribution in [2.24, 2.45) is 0 Å². The zero-order valence-electron chi connectivity index (χ0n) is 14.0. The van der Waals surface area contributed by atoms with E-state index in [1.165, 1.54) is 56.6 Å². The highest BCUT2D eigenvalue weighted by molar-refractivity contribution is 5.89. The minimum Gasteiger partial charge on any atom is -0.478 e. The molecule has 1 aliphatic heterocycles. The molecule has 0 spiro atoms. The number of rotatable bonds is 4. The normalized spacial score (nSPS) is 20.5. The van der Waals surface area contributed by atoms with E-state index in [1.807, 2.05) is 6.33 Å². The fourth-order valence-electron chi connectivity index (χ4n) is 3.37. The summed E-state index contributed by atoms with van der Waals surface area (Å²) in [5.74, 6) is -2.51. The summed E-state index contributed by atoms with van der Waals surface area (Å²) in [4.78, 5) is 26.4. The number of fused-ring (bicyclic) bond motifs is 1. The Balaban J connectivity index is 0.000000224. The van der Waals surface area contributed by atoms with Crippen LogP contribution in [0.15, 0.2) is 18.5 Å². The van der Waals surface area contributed by atoms with E-state index in [9.17, 15) is 9.59 Å². The standard InChI is InChI=1S/C13H21N3.C4H4O4/c1-2-15-10-14-12-9-11(5-6-13(12)15)16-7-3-4-8-16;5-3(6)1-2-4(7)8/h10-11H,2-9H2,1H3;1-2H,(H,5,6)(H,7,8)/b;2-1+. The molecule has 1 atom stereocenters. The predicted octanol–water partition coefficient (Wildman–Crippen LogP) is 1.57. The Bertz CT molecular complexity index is 587. The quantitative estimate of drug-likeness (QED) is 0.811. The van der Waals surface area contributed by atoms with Crippen LogP contribution in [0, 0.1) is 0 Å². The van der Waals surface area contributed by atoms with Crippen LogP contribution in [0.2, 0.25) is 0 Å². The second-order valence-electron chi connectivity index (χ2n) is 6.07. The highest BCUT2D eigenvalue weighted by atomic mass is 16.4. The van der Waals surface area contributed by atoms with Crippen molar-refractivity contribution < 1.29 is 19.8 Å². The summed E-state index contributed by atoms with van der Waals surface area (Å²) in [5.41, 5.74) is 2.86. The molecule has 132 valence electrons. The zero-order valence-corrected chi connectivity index (χ0v) is 14.0. The molecule has 24 heavy (non-hydrogen) atoms. The molecule has 0 bridgehead atoms. The van der Waals surface area contributed by atoms with Gasteiger partial charge in [0.05, 0.1) is 12.0 Å². The Labute approximate surface area is 141 Å². The molecule has 0 aromatic carbocycles. The minimum absolute atomic E-state index is 0.558. The smallest absolute Gasteiger partial charge is 0.328 e. The van der Waals surface area contributed by atoms with Crippen molar-refractivity contribution in [1.82, 2.24) is 14.5 Å². The van der Waals surface area contributed by atoms with Crippen molar-refractivity contribution in [2.45, 2.75) is 51.6 Å². The number of imidazole rings is 1. The molecule has 3 rings (SSSR count). The lowest BCUT2D eigenvalue weighted by Gasteiger charge is -2.30. The van der Waals surface area contributed by atoms with Gasteiger partial charge in [0.25, 0.3) is 0 Å². The Morgan fingerprint density at radius 1 is 1.25 bits per heavy atom. The van der Waals surface area contributed by atoms with Gasteiger partial charge in [-0.15, -0.1) is 0 Å². The van der Waals surface area contributed by atoms with Crippen molar-refractivity contribution >= 4 is 11.9 Å². The highest BCUT2D eigenvalue weighted by Crippen LogP contribution is 2.26. The number of carboxylic acid groups (broad SMARTS) is 2. The maximum absolute atomic E-state index is 9.55. The van der Waals surface area contributed by atoms with Crippen LogP contribution in [-0.2, 0) is 29.0 Å². The van der Waals surface area contributed by atoms with E-state index in [1.54, 1.807) is 0 Å². The number of likely N-dealkylation sites (tertiary alicyclic amines) is 1. The van der Waals surface area contributed by atoms with Gasteiger partial charge in [-0.1, -0.05) is 0 Å². The molecule has 0 amide bonds. The molecule has 0 saturated carbocycles. The average Bonchev–Trinajstić information content (AvgIpc) is 3.22. The number of nitrogens with zero attached hydrogens (tertiary/aromatic N) is 3. The average molecular weight is 335 g/mol. The number of carboxylic acids is 2. The van der Waals surface area contributed by atoms with Gasteiger partial charge < -0.3 is 14.8 Å². The van der Waals surface area contributed by atoms with E-state index in [0.29, 0.717) is 12.2 Å². The first-order chi connectivity index (χ1) is 11.5. The largest absolute Gasteiger partial charge is 0.478 e. The fraction of sp³-hybridized carbons (Fsp3) is 0.588. The van der Waals surface area contributed by atoms with Crippen LogP contribution in [0.1, 0.15) is 37.6 Å². The van der Waals surface area contributed by atoms with Gasteiger partial charge in [0.2, 0.25) is 0 Å². The van der Waals surface area contributed by atoms with Crippen molar-refractivity contribution in [3.63, 3.8) is 0 Å². The third-order valence-electron chi connectivity index (χ3n) is 4.54. The fourth-order valence-corrected chi connectivity index (χ4v) is 3.37. The molecule has 7 heteroatoms. The molecule has 1 fully saturated rings. The van der Waals surface area contributed by atoms with E-state index in [-0.39, 0.29) is 0 Å². The maximum atomic E-state index is 9.55. The summed E-state index contributed by atoms with van der Waals surface area (Å²) in [6, 6.07) is 0.773. The molecule has 2 heterocycles. The second kappa shape index (κ2) is 8.63. The number of aromatic nitrogens is 2. The molecule has 2 N–H and O–H groups in total. The first-order valence-corrected chi connectivity index (χ1v) is 8.42. The van der Waals surface area contributed by atoms with E-state index in [0.717, 1.165) is 12.6 Å². The molecule has 1 saturated heterocycles. The van der Waals surface area contributed by atoms with E-state index < -0.39 is 11.9 Å². The van der Waals surface area contributed by atoms with Crippen molar-refractivity contribution in [2.75, 3.05) is 13.1 Å². The summed E-state index contributed by atoms with van der Waals surface area (Å²) < 4.78 is 2.32. The Hall–Kier alpha value is -2.15. The number of carbonyl (C=O) groups is 2. The zero-order chi connectivity index (χ0) is 17.5. The van der Waals surface area contributed by atoms with Crippen LogP contribution >= 0.6 is 0 Å². The van der Waals surface area contributed by atoms with Gasteiger partial charge in [-0.05, 0) is 45.7 Å². The number of aryl methyl sites for hydroxylation is 1. The lowest BCUT2D eigenvalue weighted by molar-refractivity contribution is -0.134. The minimum atomic E-state index is -1.26. The van der Waals surface area contributed by atoms with Crippen molar-refractivity contribution in [3.8, 4) is 0 Å². The predicted molar refractivity (Wildman–Crippen MR) is 88.9 cm³/mol. The summed E-state index contributed by atoms with van der Waals surface area (Å²) in [5, 5.41) is 15.6. The van der Waals surface area contributed by atoms with Gasteiger partial charge in [0, 0.05) is 36.9 Å². The van der Waals surface area contributed by atoms with Gasteiger partial charge in [-0.25, -0.2) is 14.6 Å². The van der Waals surface area contributed by atoms with Crippen LogP contribution in [0.3, 0.4) is 0 Å². The summed E-state index contributed by atoms with van der Waals surface area (Å²) in [6.45, 7) is 5.90. The van der Waals surface area contributed by atoms with Crippen molar-refractivity contribution in [1.29, 1.82) is 0 Å². The lowest BCUT2D eigenvalue weighted by atomic mass is 9.95. The number of aliphatic carboxylic acids is 2. The van der Waals surface area contributed by atoms with Crippen LogP contribution in [-0.4, -0.2) is 55.7 Å². The molecular weight excluding hydrogens is 310 g/mol. The van der Waals surface area contributed by atoms with Crippen LogP contribution in [0.4, 0.5) is 0 Å². The van der Waals surface area contributed by atoms with Crippen molar-refractivity contribution in [3.05, 3.63) is 29.9 Å². The Morgan fingerprint density at radius 3 is 2.42 bits per heavy atom. The van der Waals surface area contributed by atoms with Crippen LogP contribution < -0.4 is 0 Å². The first kappa shape index (κ1) is 18.2. The van der Waals surface area contributed by atoms with E-state index in [2.05, 4.69) is 21.4 Å². The van der Waals surface area contributed by atoms with E-state index >= 15 is 0 Å². The van der Waals surface area contributed by atoms with Gasteiger partial charge in [0.1, 0.15) is 0 Å². The maximum Gasteiger partial charge on any atom is 0.328 e. The van der Waals surface area contributed by atoms with Gasteiger partial charge in [-0.2, -0.15) is 0 Å². The SMILES string of the molecule is CCn1cnc2c1CCC(N1CCCC1)C2.O=C(O)/C=C/C(=O)O. The summed E-state index contributed by atoms with van der Waals surface area (Å²) >= 11 is 0. The van der Waals surface area contributed by atoms with Gasteiger partial charge in [-0.3, -0.25) is 4.90 Å². The van der Waals surface area contributed by atoms with E-state index in [4.69, 9.17) is 10.2 Å². The topological polar surface area (TPSA) is 95.7 Å². The lowest BCUT2D eigenvalue weighted by Crippen LogP contribution is -2.37. The van der Waals surface area contributed by atoms with Gasteiger partial charge >= 0.3 is 11.9 Å². The Kier molecular flexibility index (Phi) is 6.54. The monoisotopic (exact) mass is 335 g/mol. The molecular formula is C17H25N3O4. The molecule has 1 aromatic heterocycles. The van der Waals surface area contributed by atoms with Crippen LogP contribution in [0.5, 0.6) is 0 Å². The first-order valence-electron chi connectivity index (χ1n) is 8.42. The molecule has 2 aliphatic rings. The Morgan fingerprint density at radius 2 is 1.88 bits per heavy atom. The second-order valence-corrected chi connectivity index (χ2v) is 6.07. The molecule has 1 aromatic rings.